The first-order valence-electron chi connectivity index (χ1n) is 12.6. The fraction of sp³-hybridized carbons (Fsp3) is 0.556. The van der Waals surface area contributed by atoms with Gasteiger partial charge in [0.05, 0.1) is 11.6 Å². The van der Waals surface area contributed by atoms with Crippen molar-refractivity contribution in [2.24, 2.45) is 17.6 Å². The molecule has 2 amide bonds. The van der Waals surface area contributed by atoms with Crippen molar-refractivity contribution in [3.8, 4) is 0 Å². The first-order valence-corrected chi connectivity index (χ1v) is 12.6. The van der Waals surface area contributed by atoms with E-state index in [0.717, 1.165) is 30.6 Å². The standard InChI is InChI=1S/C27H37N5O4/c1-26(2,3)36-25(34)32-11-7-17(8-12-32)19-14-22-18(15-27(4,5)35-22)13-21(19)31-24(33)20(16-28)23-29-9-6-10-30-23/h6,9-10,13-14,16-17,19,21H,7-8,11-12,15,28H2,1-5H3,(H,31,33). The zero-order chi connectivity index (χ0) is 26.1. The van der Waals surface area contributed by atoms with Gasteiger partial charge in [-0.1, -0.05) is 6.08 Å². The summed E-state index contributed by atoms with van der Waals surface area (Å²) in [5.74, 6) is 1.12. The highest BCUT2D eigenvalue weighted by Gasteiger charge is 2.41. The Kier molecular flexibility index (Phi) is 7.11. The number of hydrogen-bond acceptors (Lipinski definition) is 7. The molecule has 0 saturated carbocycles. The number of nitrogens with one attached hydrogen (secondary N) is 1. The van der Waals surface area contributed by atoms with Crippen molar-refractivity contribution in [1.82, 2.24) is 20.2 Å². The largest absolute Gasteiger partial charge is 0.488 e. The summed E-state index contributed by atoms with van der Waals surface area (Å²) < 4.78 is 11.8. The number of nitrogens with two attached hydrogens (primary N) is 1. The maximum absolute atomic E-state index is 13.3. The molecule has 3 aliphatic rings. The van der Waals surface area contributed by atoms with Crippen LogP contribution in [0, 0.1) is 11.8 Å². The number of nitrogens with zero attached hydrogens (tertiary/aromatic N) is 3. The number of rotatable bonds is 4. The fourth-order valence-corrected chi connectivity index (χ4v) is 5.11. The quantitative estimate of drug-likeness (QED) is 0.613. The predicted octanol–water partition coefficient (Wildman–Crippen LogP) is 3.55. The van der Waals surface area contributed by atoms with Crippen LogP contribution in [-0.2, 0) is 14.3 Å². The van der Waals surface area contributed by atoms with Gasteiger partial charge in [-0.2, -0.15) is 0 Å². The molecule has 0 radical (unpaired) electrons. The molecule has 194 valence electrons. The molecule has 9 heteroatoms. The first kappa shape index (κ1) is 25.7. The van der Waals surface area contributed by atoms with Gasteiger partial charge in [0.1, 0.15) is 17.0 Å². The van der Waals surface area contributed by atoms with E-state index < -0.39 is 5.60 Å². The molecule has 4 rings (SSSR count). The zero-order valence-corrected chi connectivity index (χ0v) is 21.8. The van der Waals surface area contributed by atoms with Gasteiger partial charge in [-0.25, -0.2) is 14.8 Å². The molecule has 2 saturated heterocycles. The molecule has 3 N–H and O–H groups in total. The van der Waals surface area contributed by atoms with Crippen LogP contribution in [-0.4, -0.2) is 57.2 Å². The molecule has 1 aromatic heterocycles. The lowest BCUT2D eigenvalue weighted by Crippen LogP contribution is -2.47. The summed E-state index contributed by atoms with van der Waals surface area (Å²) in [5.41, 5.74) is 6.31. The van der Waals surface area contributed by atoms with Gasteiger partial charge in [0.25, 0.3) is 5.91 Å². The smallest absolute Gasteiger partial charge is 0.410 e. The van der Waals surface area contributed by atoms with Crippen LogP contribution in [0.1, 0.15) is 59.7 Å². The lowest BCUT2D eigenvalue weighted by atomic mass is 9.76. The SMILES string of the molecule is CC(C)(C)OC(=O)N1CCC(C2C=C3OC(C)(C)CC3=CC2NC(=O)C(=CN)c2ncccn2)CC1. The number of hydrogen-bond donors (Lipinski definition) is 2. The Morgan fingerprint density at radius 1 is 1.19 bits per heavy atom. The van der Waals surface area contributed by atoms with Crippen LogP contribution in [0.25, 0.3) is 5.57 Å². The monoisotopic (exact) mass is 495 g/mol. The van der Waals surface area contributed by atoms with Crippen molar-refractivity contribution in [3.63, 3.8) is 0 Å². The number of carbonyl (C=O) groups is 2. The predicted molar refractivity (Wildman–Crippen MR) is 136 cm³/mol. The van der Waals surface area contributed by atoms with E-state index in [1.165, 1.54) is 6.20 Å². The van der Waals surface area contributed by atoms with E-state index in [9.17, 15) is 9.59 Å². The second kappa shape index (κ2) is 9.95. The van der Waals surface area contributed by atoms with Crippen molar-refractivity contribution < 1.29 is 19.1 Å². The molecular formula is C27H37N5O4. The minimum Gasteiger partial charge on any atom is -0.488 e. The van der Waals surface area contributed by atoms with Gasteiger partial charge in [0.2, 0.25) is 0 Å². The van der Waals surface area contributed by atoms with Gasteiger partial charge < -0.3 is 25.4 Å². The maximum atomic E-state index is 13.3. The van der Waals surface area contributed by atoms with Crippen LogP contribution < -0.4 is 11.1 Å². The molecule has 1 aliphatic carbocycles. The number of piperidine rings is 1. The molecule has 2 atom stereocenters. The molecule has 3 heterocycles. The number of carbonyl (C=O) groups excluding carboxylic acids is 2. The third-order valence-electron chi connectivity index (χ3n) is 6.71. The molecule has 9 nitrogen and oxygen atoms in total. The second-order valence-electron chi connectivity index (χ2n) is 11.3. The Morgan fingerprint density at radius 3 is 2.47 bits per heavy atom. The fourth-order valence-electron chi connectivity index (χ4n) is 5.11. The molecule has 36 heavy (non-hydrogen) atoms. The Bertz CT molecular complexity index is 1080. The number of fused-ring (bicyclic) bond motifs is 1. The van der Waals surface area contributed by atoms with Gasteiger partial charge in [-0.05, 0) is 71.1 Å². The Morgan fingerprint density at radius 2 is 1.86 bits per heavy atom. The summed E-state index contributed by atoms with van der Waals surface area (Å²) in [6.07, 6.45) is 10.8. The van der Waals surface area contributed by atoms with Crippen molar-refractivity contribution in [2.75, 3.05) is 13.1 Å². The minimum atomic E-state index is -0.526. The third kappa shape index (κ3) is 5.88. The molecule has 1 aromatic rings. The topological polar surface area (TPSA) is 120 Å². The molecule has 2 unspecified atom stereocenters. The van der Waals surface area contributed by atoms with E-state index in [-0.39, 0.29) is 46.9 Å². The van der Waals surface area contributed by atoms with Gasteiger partial charge in [-0.15, -0.1) is 0 Å². The lowest BCUT2D eigenvalue weighted by Gasteiger charge is -2.39. The molecule has 0 spiro atoms. The highest BCUT2D eigenvalue weighted by molar-refractivity contribution is 6.18. The van der Waals surface area contributed by atoms with Gasteiger partial charge >= 0.3 is 6.09 Å². The number of likely N-dealkylation sites (tertiary alicyclic amines) is 1. The van der Waals surface area contributed by atoms with Gasteiger partial charge in [0.15, 0.2) is 5.82 Å². The summed E-state index contributed by atoms with van der Waals surface area (Å²) in [6.45, 7) is 11.0. The van der Waals surface area contributed by atoms with E-state index in [0.29, 0.717) is 13.1 Å². The zero-order valence-electron chi connectivity index (χ0n) is 21.8. The number of allylic oxidation sites excluding steroid dienone is 1. The highest BCUT2D eigenvalue weighted by atomic mass is 16.6. The average molecular weight is 496 g/mol. The molecule has 2 fully saturated rings. The van der Waals surface area contributed by atoms with Crippen molar-refractivity contribution in [1.29, 1.82) is 0 Å². The minimum absolute atomic E-state index is 0.0121. The summed E-state index contributed by atoms with van der Waals surface area (Å²) >= 11 is 0. The Labute approximate surface area is 212 Å². The van der Waals surface area contributed by atoms with Crippen LogP contribution in [0.15, 0.2) is 48.1 Å². The number of amides is 2. The van der Waals surface area contributed by atoms with Crippen LogP contribution in [0.4, 0.5) is 4.79 Å². The lowest BCUT2D eigenvalue weighted by molar-refractivity contribution is -0.116. The van der Waals surface area contributed by atoms with E-state index in [1.807, 2.05) is 20.8 Å². The molecule has 0 aromatic carbocycles. The van der Waals surface area contributed by atoms with E-state index >= 15 is 0 Å². The Hall–Kier alpha value is -3.36. The summed E-state index contributed by atoms with van der Waals surface area (Å²) in [5, 5.41) is 3.17. The van der Waals surface area contributed by atoms with E-state index in [1.54, 1.807) is 23.4 Å². The van der Waals surface area contributed by atoms with Crippen LogP contribution in [0.2, 0.25) is 0 Å². The second-order valence-corrected chi connectivity index (χ2v) is 11.3. The number of aromatic nitrogens is 2. The number of ether oxygens (including phenoxy) is 2. The van der Waals surface area contributed by atoms with E-state index in [2.05, 4.69) is 41.3 Å². The maximum Gasteiger partial charge on any atom is 0.410 e. The van der Waals surface area contributed by atoms with E-state index in [4.69, 9.17) is 15.2 Å². The summed E-state index contributed by atoms with van der Waals surface area (Å²) in [6, 6.07) is 1.44. The van der Waals surface area contributed by atoms with Crippen LogP contribution >= 0.6 is 0 Å². The first-order chi connectivity index (χ1) is 17.0. The summed E-state index contributed by atoms with van der Waals surface area (Å²) in [7, 11) is 0. The molecular weight excluding hydrogens is 458 g/mol. The van der Waals surface area contributed by atoms with Crippen molar-refractivity contribution >= 4 is 17.6 Å². The molecule has 0 bridgehead atoms. The normalized spacial score (nSPS) is 24.2. The third-order valence-corrected chi connectivity index (χ3v) is 6.71. The Balaban J connectivity index is 1.52. The van der Waals surface area contributed by atoms with Gasteiger partial charge in [0, 0.05) is 44.0 Å². The van der Waals surface area contributed by atoms with Crippen LogP contribution in [0.5, 0.6) is 0 Å². The van der Waals surface area contributed by atoms with Crippen molar-refractivity contribution in [2.45, 2.75) is 71.1 Å². The van der Waals surface area contributed by atoms with Crippen molar-refractivity contribution in [3.05, 3.63) is 54.0 Å². The highest BCUT2D eigenvalue weighted by Crippen LogP contribution is 2.43. The van der Waals surface area contributed by atoms with Gasteiger partial charge in [-0.3, -0.25) is 4.79 Å². The summed E-state index contributed by atoms with van der Waals surface area (Å²) in [4.78, 5) is 35.9. The molecule has 2 aliphatic heterocycles. The van der Waals surface area contributed by atoms with Crippen LogP contribution in [0.3, 0.4) is 0 Å². The average Bonchev–Trinajstić information content (AvgIpc) is 3.11.